The van der Waals surface area contributed by atoms with E-state index in [1.54, 1.807) is 7.05 Å². The van der Waals surface area contributed by atoms with Crippen LogP contribution in [0.3, 0.4) is 0 Å². The summed E-state index contributed by atoms with van der Waals surface area (Å²) in [6.45, 7) is 14.9. The third kappa shape index (κ3) is 12.2. The average Bonchev–Trinajstić information content (AvgIpc) is 2.57. The lowest BCUT2D eigenvalue weighted by atomic mass is 9.93. The highest BCUT2D eigenvalue weighted by molar-refractivity contribution is 14.0. The van der Waals surface area contributed by atoms with Gasteiger partial charge in [0.2, 0.25) is 5.91 Å². The van der Waals surface area contributed by atoms with E-state index in [4.69, 9.17) is 4.74 Å². The Morgan fingerprint density at radius 3 is 1.96 bits per heavy atom. The Bertz CT molecular complexity index is 500. The Morgan fingerprint density at radius 1 is 1.00 bits per heavy atom. The highest BCUT2D eigenvalue weighted by Gasteiger charge is 2.30. The summed E-state index contributed by atoms with van der Waals surface area (Å²) in [4.78, 5) is 27.9. The van der Waals surface area contributed by atoms with Crippen LogP contribution in [-0.2, 0) is 9.53 Å². The van der Waals surface area contributed by atoms with Gasteiger partial charge in [0, 0.05) is 32.6 Å². The van der Waals surface area contributed by atoms with Gasteiger partial charge in [-0.3, -0.25) is 9.79 Å². The number of guanidine groups is 1. The zero-order chi connectivity index (χ0) is 21.1. The van der Waals surface area contributed by atoms with Gasteiger partial charge in [-0.05, 0) is 33.6 Å². The van der Waals surface area contributed by atoms with Crippen molar-refractivity contribution in [3.63, 3.8) is 0 Å². The van der Waals surface area contributed by atoms with E-state index in [1.165, 1.54) is 0 Å². The number of carbonyl (C=O) groups is 2. The molecule has 0 saturated carbocycles. The predicted molar refractivity (Wildman–Crippen MR) is 125 cm³/mol. The molecule has 0 aromatic heterocycles. The maximum absolute atomic E-state index is 12.2. The van der Waals surface area contributed by atoms with E-state index in [1.807, 2.05) is 48.5 Å². The highest BCUT2D eigenvalue weighted by Crippen LogP contribution is 2.16. The molecule has 0 aromatic carbocycles. The zero-order valence-corrected chi connectivity index (χ0v) is 21.0. The van der Waals surface area contributed by atoms with Gasteiger partial charge in [0.25, 0.3) is 0 Å². The lowest BCUT2D eigenvalue weighted by Gasteiger charge is -2.34. The Labute approximate surface area is 187 Å². The second-order valence-electron chi connectivity index (χ2n) is 7.91. The molecule has 0 spiro atoms. The highest BCUT2D eigenvalue weighted by atomic mass is 127. The first kappa shape index (κ1) is 28.9. The summed E-state index contributed by atoms with van der Waals surface area (Å²) in [5.74, 6) is 0.611. The SMILES string of the molecule is CCC(CC)(CNC(=NC)NCCNC(=O)C(C)C)NC(=O)OC(C)(C)C.I. The number of nitrogens with one attached hydrogen (secondary N) is 4. The van der Waals surface area contributed by atoms with Gasteiger partial charge in [-0.15, -0.1) is 24.0 Å². The van der Waals surface area contributed by atoms with Crippen LogP contribution in [-0.4, -0.2) is 55.8 Å². The summed E-state index contributed by atoms with van der Waals surface area (Å²) in [5, 5.41) is 12.2. The van der Waals surface area contributed by atoms with Crippen molar-refractivity contribution < 1.29 is 14.3 Å². The Balaban J connectivity index is 0. The number of rotatable bonds is 9. The van der Waals surface area contributed by atoms with Gasteiger partial charge in [0.15, 0.2) is 5.96 Å². The Hall–Kier alpha value is -1.26. The van der Waals surface area contributed by atoms with Crippen molar-refractivity contribution in [2.45, 2.75) is 72.4 Å². The number of hydrogen-bond acceptors (Lipinski definition) is 4. The summed E-state index contributed by atoms with van der Waals surface area (Å²) < 4.78 is 5.39. The molecule has 0 aliphatic rings. The second-order valence-corrected chi connectivity index (χ2v) is 7.91. The van der Waals surface area contributed by atoms with E-state index in [0.717, 1.165) is 12.8 Å². The lowest BCUT2D eigenvalue weighted by molar-refractivity contribution is -0.123. The summed E-state index contributed by atoms with van der Waals surface area (Å²) in [7, 11) is 1.68. The predicted octanol–water partition coefficient (Wildman–Crippen LogP) is 2.63. The third-order valence-corrected chi connectivity index (χ3v) is 4.18. The molecule has 0 fully saturated rings. The van der Waals surface area contributed by atoms with Crippen molar-refractivity contribution >= 4 is 41.9 Å². The molecule has 0 aliphatic carbocycles. The topological polar surface area (TPSA) is 104 Å². The van der Waals surface area contributed by atoms with Crippen molar-refractivity contribution in [2.75, 3.05) is 26.7 Å². The molecule has 28 heavy (non-hydrogen) atoms. The molecule has 4 N–H and O–H groups in total. The van der Waals surface area contributed by atoms with E-state index in [0.29, 0.717) is 25.6 Å². The van der Waals surface area contributed by atoms with E-state index >= 15 is 0 Å². The lowest BCUT2D eigenvalue weighted by Crippen LogP contribution is -2.57. The molecule has 2 amide bonds. The summed E-state index contributed by atoms with van der Waals surface area (Å²) in [6.07, 6.45) is 1.07. The summed E-state index contributed by atoms with van der Waals surface area (Å²) in [6, 6.07) is 0. The van der Waals surface area contributed by atoms with Gasteiger partial charge in [-0.1, -0.05) is 27.7 Å². The molecule has 166 valence electrons. The molecule has 0 atom stereocenters. The molecule has 0 saturated heterocycles. The van der Waals surface area contributed by atoms with E-state index < -0.39 is 17.2 Å². The van der Waals surface area contributed by atoms with Crippen LogP contribution in [0.2, 0.25) is 0 Å². The van der Waals surface area contributed by atoms with E-state index in [9.17, 15) is 9.59 Å². The number of hydrogen-bond donors (Lipinski definition) is 4. The van der Waals surface area contributed by atoms with Crippen LogP contribution >= 0.6 is 24.0 Å². The third-order valence-electron chi connectivity index (χ3n) is 4.18. The number of ether oxygens (including phenoxy) is 1. The molecular weight excluding hydrogens is 473 g/mol. The minimum Gasteiger partial charge on any atom is -0.444 e. The van der Waals surface area contributed by atoms with E-state index in [2.05, 4.69) is 26.3 Å². The average molecular weight is 513 g/mol. The first-order valence-electron chi connectivity index (χ1n) is 9.72. The van der Waals surface area contributed by atoms with Gasteiger partial charge < -0.3 is 26.0 Å². The first-order chi connectivity index (χ1) is 12.5. The van der Waals surface area contributed by atoms with Gasteiger partial charge in [0.1, 0.15) is 5.60 Å². The second kappa shape index (κ2) is 13.8. The van der Waals surface area contributed by atoms with Crippen molar-refractivity contribution in [3.8, 4) is 0 Å². The van der Waals surface area contributed by atoms with Crippen LogP contribution in [0, 0.1) is 5.92 Å². The minimum absolute atomic E-state index is 0. The molecule has 0 unspecified atom stereocenters. The van der Waals surface area contributed by atoms with E-state index in [-0.39, 0.29) is 35.8 Å². The molecular formula is C19H40IN5O3. The van der Waals surface area contributed by atoms with Crippen molar-refractivity contribution in [1.82, 2.24) is 21.3 Å². The standard InChI is InChI=1S/C19H39N5O3.HI/c1-9-19(10-2,24-17(26)27-18(5,6)7)13-23-16(20-8)22-12-11-21-15(25)14(3)4;/h14H,9-13H2,1-8H3,(H,21,25)(H,24,26)(H2,20,22,23);1H. The van der Waals surface area contributed by atoms with Crippen LogP contribution in [0.15, 0.2) is 4.99 Å². The van der Waals surface area contributed by atoms with Gasteiger partial charge >= 0.3 is 6.09 Å². The molecule has 0 radical (unpaired) electrons. The molecule has 9 heteroatoms. The number of amides is 2. The van der Waals surface area contributed by atoms with Crippen LogP contribution in [0.25, 0.3) is 0 Å². The normalized spacial score (nSPS) is 12.1. The number of nitrogens with zero attached hydrogens (tertiary/aromatic N) is 1. The number of carbonyl (C=O) groups excluding carboxylic acids is 2. The molecule has 0 rings (SSSR count). The van der Waals surface area contributed by atoms with Crippen molar-refractivity contribution in [1.29, 1.82) is 0 Å². The van der Waals surface area contributed by atoms with Crippen LogP contribution in [0.4, 0.5) is 4.79 Å². The molecule has 0 aromatic rings. The molecule has 0 bridgehead atoms. The van der Waals surface area contributed by atoms with Crippen molar-refractivity contribution in [3.05, 3.63) is 0 Å². The quantitative estimate of drug-likeness (QED) is 0.164. The number of halogens is 1. The molecule has 0 aliphatic heterocycles. The smallest absolute Gasteiger partial charge is 0.408 e. The summed E-state index contributed by atoms with van der Waals surface area (Å²) in [5.41, 5.74) is -0.978. The Morgan fingerprint density at radius 2 is 1.54 bits per heavy atom. The fourth-order valence-electron chi connectivity index (χ4n) is 2.29. The first-order valence-corrected chi connectivity index (χ1v) is 9.72. The number of alkyl carbamates (subject to hydrolysis) is 1. The maximum Gasteiger partial charge on any atom is 0.408 e. The maximum atomic E-state index is 12.2. The van der Waals surface area contributed by atoms with Crippen molar-refractivity contribution in [2.24, 2.45) is 10.9 Å². The molecule has 0 heterocycles. The fourth-order valence-corrected chi connectivity index (χ4v) is 2.29. The van der Waals surface area contributed by atoms with Gasteiger partial charge in [-0.2, -0.15) is 0 Å². The Kier molecular flexibility index (Phi) is 14.3. The van der Waals surface area contributed by atoms with Crippen LogP contribution in [0.5, 0.6) is 0 Å². The van der Waals surface area contributed by atoms with Crippen LogP contribution in [0.1, 0.15) is 61.3 Å². The number of aliphatic imine (C=N–C) groups is 1. The van der Waals surface area contributed by atoms with Gasteiger partial charge in [-0.25, -0.2) is 4.79 Å². The van der Waals surface area contributed by atoms with Crippen LogP contribution < -0.4 is 21.3 Å². The van der Waals surface area contributed by atoms with Gasteiger partial charge in [0.05, 0.1) is 5.54 Å². The summed E-state index contributed by atoms with van der Waals surface area (Å²) >= 11 is 0. The fraction of sp³-hybridized carbons (Fsp3) is 0.842. The zero-order valence-electron chi connectivity index (χ0n) is 18.7. The molecule has 8 nitrogen and oxygen atoms in total. The largest absolute Gasteiger partial charge is 0.444 e. The monoisotopic (exact) mass is 513 g/mol. The minimum atomic E-state index is -0.539.